The molecule has 6 nitrogen and oxygen atoms in total. The van der Waals surface area contributed by atoms with Crippen molar-refractivity contribution < 1.29 is 24.5 Å². The number of hydrogen-bond acceptors (Lipinski definition) is 5. The molecule has 6 heteroatoms. The van der Waals surface area contributed by atoms with Crippen molar-refractivity contribution in [2.75, 3.05) is 13.2 Å². The van der Waals surface area contributed by atoms with Crippen LogP contribution in [0.15, 0.2) is 24.3 Å². The third-order valence-corrected chi connectivity index (χ3v) is 13.7. The van der Waals surface area contributed by atoms with Crippen LogP contribution in [0.5, 0.6) is 0 Å². The SMILES string of the molecule is CCCCCCCC/C=C\CCCCCCCC(=O)OCCCC/C=C\CCCCCCCC(=O)NC(CO)C(O)CCCCCCCCCCCCCCCCCCCCCCCCC. The number of carbonyl (C=O) groups excluding carboxylic acids is 2. The van der Waals surface area contributed by atoms with Gasteiger partial charge in [-0.15, -0.1) is 0 Å². The molecule has 2 unspecified atom stereocenters. The molecular formula is C60H115NO5. The first kappa shape index (κ1) is 64.3. The molecule has 0 fully saturated rings. The molecule has 0 bridgehead atoms. The predicted molar refractivity (Wildman–Crippen MR) is 287 cm³/mol. The van der Waals surface area contributed by atoms with E-state index in [0.717, 1.165) is 83.5 Å². The molecule has 3 N–H and O–H groups in total. The molecule has 0 aliphatic carbocycles. The molecule has 0 aromatic heterocycles. The fourth-order valence-electron chi connectivity index (χ4n) is 9.16. The maximum absolute atomic E-state index is 12.5. The van der Waals surface area contributed by atoms with Crippen LogP contribution in [0.25, 0.3) is 0 Å². The number of hydrogen-bond donors (Lipinski definition) is 3. The summed E-state index contributed by atoms with van der Waals surface area (Å²) >= 11 is 0. The minimum Gasteiger partial charge on any atom is -0.466 e. The van der Waals surface area contributed by atoms with Gasteiger partial charge in [-0.3, -0.25) is 9.59 Å². The Kier molecular flexibility index (Phi) is 54.5. The molecule has 0 heterocycles. The van der Waals surface area contributed by atoms with E-state index in [0.29, 0.717) is 25.9 Å². The predicted octanol–water partition coefficient (Wildman–Crippen LogP) is 18.2. The molecular weight excluding hydrogens is 815 g/mol. The normalized spacial score (nSPS) is 12.7. The molecule has 0 aromatic rings. The number of aliphatic hydroxyl groups is 2. The first-order chi connectivity index (χ1) is 32.5. The van der Waals surface area contributed by atoms with Crippen molar-refractivity contribution in [3.63, 3.8) is 0 Å². The van der Waals surface area contributed by atoms with Crippen molar-refractivity contribution in [3.05, 3.63) is 24.3 Å². The van der Waals surface area contributed by atoms with Gasteiger partial charge < -0.3 is 20.3 Å². The number of ether oxygens (including phenoxy) is 1. The topological polar surface area (TPSA) is 95.9 Å². The van der Waals surface area contributed by atoms with Gasteiger partial charge in [0.15, 0.2) is 0 Å². The van der Waals surface area contributed by atoms with Crippen LogP contribution in [0.3, 0.4) is 0 Å². The highest BCUT2D eigenvalue weighted by Gasteiger charge is 2.20. The summed E-state index contributed by atoms with van der Waals surface area (Å²) in [5, 5.41) is 23.3. The molecule has 0 rings (SSSR count). The van der Waals surface area contributed by atoms with Crippen molar-refractivity contribution in [1.29, 1.82) is 0 Å². The minimum atomic E-state index is -0.684. The fraction of sp³-hybridized carbons (Fsp3) is 0.900. The van der Waals surface area contributed by atoms with Crippen LogP contribution in [0.1, 0.15) is 322 Å². The van der Waals surface area contributed by atoms with Crippen molar-refractivity contribution in [3.8, 4) is 0 Å². The second-order valence-electron chi connectivity index (χ2n) is 20.3. The molecule has 0 aromatic carbocycles. The minimum absolute atomic E-state index is 0.0382. The van der Waals surface area contributed by atoms with Crippen LogP contribution in [-0.4, -0.2) is 47.4 Å². The first-order valence-corrected chi connectivity index (χ1v) is 29.6. The van der Waals surface area contributed by atoms with Crippen LogP contribution in [0.2, 0.25) is 0 Å². The number of carbonyl (C=O) groups is 2. The Morgan fingerprint density at radius 2 is 0.712 bits per heavy atom. The molecule has 0 spiro atoms. The number of aliphatic hydroxyl groups excluding tert-OH is 2. The van der Waals surface area contributed by atoms with Crippen molar-refractivity contribution >= 4 is 11.9 Å². The third-order valence-electron chi connectivity index (χ3n) is 13.7. The number of nitrogens with one attached hydrogen (secondary N) is 1. The molecule has 0 saturated carbocycles. The number of rotatable bonds is 55. The Labute approximate surface area is 411 Å². The molecule has 1 amide bonds. The Morgan fingerprint density at radius 1 is 0.409 bits per heavy atom. The standard InChI is InChI=1S/C60H115NO5/c1-3-5-7-9-11-13-15-17-19-20-21-22-23-24-25-26-28-29-32-36-40-44-48-52-58(63)57(56-62)61-59(64)53-49-45-41-37-33-31-35-39-43-47-51-55-66-60(65)54-50-46-42-38-34-30-27-18-16-14-12-10-8-6-4-2/h18,27,35,39,57-58,62-63H,3-17,19-26,28-34,36-38,40-56H2,1-2H3,(H,61,64)/b27-18-,39-35-. The maximum atomic E-state index is 12.5. The van der Waals surface area contributed by atoms with E-state index in [1.165, 1.54) is 205 Å². The zero-order valence-electron chi connectivity index (χ0n) is 44.4. The van der Waals surface area contributed by atoms with Crippen LogP contribution in [0.4, 0.5) is 0 Å². The molecule has 390 valence electrons. The number of esters is 1. The van der Waals surface area contributed by atoms with E-state index in [2.05, 4.69) is 43.5 Å². The number of amides is 1. The summed E-state index contributed by atoms with van der Waals surface area (Å²) in [6, 6.07) is -0.564. The fourth-order valence-corrected chi connectivity index (χ4v) is 9.16. The largest absolute Gasteiger partial charge is 0.466 e. The van der Waals surface area contributed by atoms with E-state index >= 15 is 0 Å². The van der Waals surface area contributed by atoms with Gasteiger partial charge in [-0.2, -0.15) is 0 Å². The summed E-state index contributed by atoms with van der Waals surface area (Å²) in [4.78, 5) is 24.5. The van der Waals surface area contributed by atoms with Gasteiger partial charge in [0.2, 0.25) is 5.91 Å². The zero-order valence-corrected chi connectivity index (χ0v) is 44.4. The molecule has 66 heavy (non-hydrogen) atoms. The molecule has 0 aliphatic rings. The number of unbranched alkanes of at least 4 members (excludes halogenated alkanes) is 40. The van der Waals surface area contributed by atoms with E-state index in [1.807, 2.05) is 0 Å². The van der Waals surface area contributed by atoms with Gasteiger partial charge >= 0.3 is 5.97 Å². The van der Waals surface area contributed by atoms with Gasteiger partial charge in [0.25, 0.3) is 0 Å². The van der Waals surface area contributed by atoms with Gasteiger partial charge in [0.05, 0.1) is 25.4 Å². The summed E-state index contributed by atoms with van der Waals surface area (Å²) in [6.45, 7) is 4.89. The van der Waals surface area contributed by atoms with Crippen LogP contribution >= 0.6 is 0 Å². The Hall–Kier alpha value is -1.66. The van der Waals surface area contributed by atoms with Gasteiger partial charge in [0, 0.05) is 12.8 Å². The summed E-state index contributed by atoms with van der Waals surface area (Å²) < 4.78 is 5.44. The average molecular weight is 931 g/mol. The highest BCUT2D eigenvalue weighted by atomic mass is 16.5. The lowest BCUT2D eigenvalue weighted by atomic mass is 10.0. The van der Waals surface area contributed by atoms with E-state index in [1.54, 1.807) is 0 Å². The lowest BCUT2D eigenvalue weighted by Gasteiger charge is -2.22. The molecule has 0 saturated heterocycles. The zero-order chi connectivity index (χ0) is 47.9. The highest BCUT2D eigenvalue weighted by molar-refractivity contribution is 5.76. The monoisotopic (exact) mass is 930 g/mol. The second-order valence-corrected chi connectivity index (χ2v) is 20.3. The van der Waals surface area contributed by atoms with Gasteiger partial charge in [-0.1, -0.05) is 256 Å². The van der Waals surface area contributed by atoms with Gasteiger partial charge in [-0.05, 0) is 77.0 Å². The lowest BCUT2D eigenvalue weighted by molar-refractivity contribution is -0.143. The second kappa shape index (κ2) is 55.9. The summed E-state index contributed by atoms with van der Waals surface area (Å²) in [5.74, 6) is -0.0997. The third kappa shape index (κ3) is 51.7. The quantitative estimate of drug-likeness (QED) is 0.0321. The van der Waals surface area contributed by atoms with Crippen molar-refractivity contribution in [2.24, 2.45) is 0 Å². The maximum Gasteiger partial charge on any atom is 0.305 e. The first-order valence-electron chi connectivity index (χ1n) is 29.6. The van der Waals surface area contributed by atoms with Crippen molar-refractivity contribution in [1.82, 2.24) is 5.32 Å². The van der Waals surface area contributed by atoms with E-state index in [4.69, 9.17) is 4.74 Å². The summed E-state index contributed by atoms with van der Waals surface area (Å²) in [5.41, 5.74) is 0. The summed E-state index contributed by atoms with van der Waals surface area (Å²) in [7, 11) is 0. The number of allylic oxidation sites excluding steroid dienone is 4. The van der Waals surface area contributed by atoms with E-state index < -0.39 is 12.1 Å². The Morgan fingerprint density at radius 3 is 1.08 bits per heavy atom. The van der Waals surface area contributed by atoms with Crippen LogP contribution in [-0.2, 0) is 14.3 Å². The van der Waals surface area contributed by atoms with Crippen molar-refractivity contribution in [2.45, 2.75) is 334 Å². The smallest absolute Gasteiger partial charge is 0.305 e. The van der Waals surface area contributed by atoms with E-state index in [-0.39, 0.29) is 18.5 Å². The Bertz CT molecular complexity index is 1030. The molecule has 0 radical (unpaired) electrons. The van der Waals surface area contributed by atoms with E-state index in [9.17, 15) is 19.8 Å². The molecule has 2 atom stereocenters. The highest BCUT2D eigenvalue weighted by Crippen LogP contribution is 2.17. The van der Waals surface area contributed by atoms with Crippen LogP contribution in [0, 0.1) is 0 Å². The van der Waals surface area contributed by atoms with Crippen LogP contribution < -0.4 is 5.32 Å². The molecule has 0 aliphatic heterocycles. The summed E-state index contributed by atoms with van der Waals surface area (Å²) in [6.07, 6.45) is 67.5. The lowest BCUT2D eigenvalue weighted by Crippen LogP contribution is -2.45. The van der Waals surface area contributed by atoms with Gasteiger partial charge in [-0.25, -0.2) is 0 Å². The Balaban J connectivity index is 3.50. The van der Waals surface area contributed by atoms with Gasteiger partial charge in [0.1, 0.15) is 0 Å². The average Bonchev–Trinajstić information content (AvgIpc) is 3.32.